The van der Waals surface area contributed by atoms with E-state index in [-0.39, 0.29) is 16.4 Å². The predicted molar refractivity (Wildman–Crippen MR) is 76.9 cm³/mol. The van der Waals surface area contributed by atoms with Crippen LogP contribution < -0.4 is 5.43 Å². The van der Waals surface area contributed by atoms with Gasteiger partial charge in [-0.25, -0.2) is 4.98 Å². The Kier molecular flexibility index (Phi) is 4.69. The standard InChI is InChI=1S/C13H8Cl2F3N3/c14-9-5-11(15)12(19-7-9)21-20-6-8-3-1-2-4-10(8)13(16,17)18/h1-7H,(H,19,21). The van der Waals surface area contributed by atoms with Crippen LogP contribution in [0.15, 0.2) is 41.6 Å². The maximum absolute atomic E-state index is 12.8. The quantitative estimate of drug-likeness (QED) is 0.643. The van der Waals surface area contributed by atoms with Crippen LogP contribution >= 0.6 is 23.2 Å². The monoisotopic (exact) mass is 333 g/mol. The van der Waals surface area contributed by atoms with E-state index in [9.17, 15) is 13.2 Å². The molecule has 0 fully saturated rings. The highest BCUT2D eigenvalue weighted by atomic mass is 35.5. The molecule has 110 valence electrons. The first-order valence-electron chi connectivity index (χ1n) is 5.64. The second-order valence-electron chi connectivity index (χ2n) is 3.94. The molecule has 0 saturated heterocycles. The van der Waals surface area contributed by atoms with Crippen LogP contribution in [-0.4, -0.2) is 11.2 Å². The molecule has 1 heterocycles. The largest absolute Gasteiger partial charge is 0.417 e. The Balaban J connectivity index is 2.19. The van der Waals surface area contributed by atoms with Crippen molar-refractivity contribution in [1.29, 1.82) is 0 Å². The summed E-state index contributed by atoms with van der Waals surface area (Å²) in [6.45, 7) is 0. The number of alkyl halides is 3. The Morgan fingerprint density at radius 1 is 1.19 bits per heavy atom. The molecule has 8 heteroatoms. The second kappa shape index (κ2) is 6.32. The molecule has 0 atom stereocenters. The number of hydrazone groups is 1. The van der Waals surface area contributed by atoms with Gasteiger partial charge in [0, 0.05) is 11.8 Å². The van der Waals surface area contributed by atoms with Crippen molar-refractivity contribution < 1.29 is 13.2 Å². The first-order chi connectivity index (χ1) is 9.88. The van der Waals surface area contributed by atoms with Crippen molar-refractivity contribution >= 4 is 35.2 Å². The van der Waals surface area contributed by atoms with E-state index in [1.165, 1.54) is 30.5 Å². The minimum absolute atomic E-state index is 0.0671. The van der Waals surface area contributed by atoms with Crippen LogP contribution in [-0.2, 0) is 6.18 Å². The molecule has 0 bridgehead atoms. The number of benzene rings is 1. The van der Waals surface area contributed by atoms with Crippen LogP contribution in [0.3, 0.4) is 0 Å². The number of nitrogens with one attached hydrogen (secondary N) is 1. The SMILES string of the molecule is FC(F)(F)c1ccccc1C=NNc1ncc(Cl)cc1Cl. The van der Waals surface area contributed by atoms with E-state index in [1.54, 1.807) is 0 Å². The fourth-order valence-corrected chi connectivity index (χ4v) is 1.95. The average Bonchev–Trinajstić information content (AvgIpc) is 2.41. The van der Waals surface area contributed by atoms with Gasteiger partial charge in [-0.3, -0.25) is 5.43 Å². The minimum atomic E-state index is -4.45. The number of nitrogens with zero attached hydrogens (tertiary/aromatic N) is 2. The topological polar surface area (TPSA) is 37.3 Å². The third-order valence-electron chi connectivity index (χ3n) is 2.45. The summed E-state index contributed by atoms with van der Waals surface area (Å²) < 4.78 is 38.3. The number of anilines is 1. The van der Waals surface area contributed by atoms with Gasteiger partial charge in [0.15, 0.2) is 5.82 Å². The van der Waals surface area contributed by atoms with Crippen molar-refractivity contribution in [3.05, 3.63) is 57.7 Å². The summed E-state index contributed by atoms with van der Waals surface area (Å²) in [4.78, 5) is 3.87. The molecule has 2 aromatic rings. The Morgan fingerprint density at radius 3 is 2.57 bits per heavy atom. The molecule has 0 aliphatic carbocycles. The average molecular weight is 334 g/mol. The van der Waals surface area contributed by atoms with Crippen LogP contribution in [0.25, 0.3) is 0 Å². The zero-order valence-electron chi connectivity index (χ0n) is 10.3. The lowest BCUT2D eigenvalue weighted by Crippen LogP contribution is -2.09. The van der Waals surface area contributed by atoms with Crippen LogP contribution in [0.1, 0.15) is 11.1 Å². The molecule has 3 nitrogen and oxygen atoms in total. The molecule has 0 saturated carbocycles. The van der Waals surface area contributed by atoms with Gasteiger partial charge >= 0.3 is 6.18 Å². The molecule has 0 unspecified atom stereocenters. The number of rotatable bonds is 3. The van der Waals surface area contributed by atoms with E-state index in [0.717, 1.165) is 12.3 Å². The minimum Gasteiger partial charge on any atom is -0.260 e. The van der Waals surface area contributed by atoms with Crippen molar-refractivity contribution in [3.8, 4) is 0 Å². The van der Waals surface area contributed by atoms with Crippen molar-refractivity contribution in [1.82, 2.24) is 4.98 Å². The van der Waals surface area contributed by atoms with Gasteiger partial charge in [-0.05, 0) is 12.1 Å². The molecule has 21 heavy (non-hydrogen) atoms. The van der Waals surface area contributed by atoms with Gasteiger partial charge in [0.25, 0.3) is 0 Å². The third kappa shape index (κ3) is 4.09. The fraction of sp³-hybridized carbons (Fsp3) is 0.0769. The molecule has 0 aliphatic heterocycles. The van der Waals surface area contributed by atoms with Crippen LogP contribution in [0.5, 0.6) is 0 Å². The summed E-state index contributed by atoms with van der Waals surface area (Å²) in [7, 11) is 0. The lowest BCUT2D eigenvalue weighted by atomic mass is 10.1. The normalized spacial score (nSPS) is 11.9. The Labute approximate surface area is 128 Å². The maximum atomic E-state index is 12.8. The Morgan fingerprint density at radius 2 is 1.90 bits per heavy atom. The van der Waals surface area contributed by atoms with Gasteiger partial charge in [-0.2, -0.15) is 18.3 Å². The summed E-state index contributed by atoms with van der Waals surface area (Å²) in [5.74, 6) is 0.196. The van der Waals surface area contributed by atoms with E-state index < -0.39 is 11.7 Å². The van der Waals surface area contributed by atoms with Crippen molar-refractivity contribution in [2.75, 3.05) is 5.43 Å². The molecule has 0 aliphatic rings. The smallest absolute Gasteiger partial charge is 0.260 e. The zero-order chi connectivity index (χ0) is 15.5. The second-order valence-corrected chi connectivity index (χ2v) is 4.78. The Bertz CT molecular complexity index is 672. The number of hydrogen-bond donors (Lipinski definition) is 1. The molecule has 1 aromatic heterocycles. The summed E-state index contributed by atoms with van der Waals surface area (Å²) in [5, 5.41) is 4.27. The predicted octanol–water partition coefficient (Wildman–Crippen LogP) is 4.85. The molecule has 0 amide bonds. The first-order valence-corrected chi connectivity index (χ1v) is 6.40. The highest BCUT2D eigenvalue weighted by Crippen LogP contribution is 2.31. The summed E-state index contributed by atoms with van der Waals surface area (Å²) in [6.07, 6.45) is -2.05. The summed E-state index contributed by atoms with van der Waals surface area (Å²) >= 11 is 11.5. The number of halogens is 5. The molecule has 0 spiro atoms. The summed E-state index contributed by atoms with van der Waals surface area (Å²) in [6, 6.07) is 6.53. The molecular weight excluding hydrogens is 326 g/mol. The van der Waals surface area contributed by atoms with E-state index in [1.807, 2.05) is 0 Å². The van der Waals surface area contributed by atoms with Crippen molar-refractivity contribution in [2.45, 2.75) is 6.18 Å². The van der Waals surface area contributed by atoms with Gasteiger partial charge in [0.05, 0.1) is 21.8 Å². The van der Waals surface area contributed by atoms with Gasteiger partial charge in [-0.15, -0.1) is 0 Å². The van der Waals surface area contributed by atoms with Crippen LogP contribution in [0.2, 0.25) is 10.0 Å². The van der Waals surface area contributed by atoms with Crippen molar-refractivity contribution in [3.63, 3.8) is 0 Å². The van der Waals surface area contributed by atoms with Gasteiger partial charge < -0.3 is 0 Å². The fourth-order valence-electron chi connectivity index (χ4n) is 1.53. The van der Waals surface area contributed by atoms with Crippen molar-refractivity contribution in [2.24, 2.45) is 5.10 Å². The summed E-state index contributed by atoms with van der Waals surface area (Å²) in [5.41, 5.74) is 1.63. The number of hydrogen-bond acceptors (Lipinski definition) is 3. The number of pyridine rings is 1. The van der Waals surface area contributed by atoms with E-state index in [2.05, 4.69) is 15.5 Å². The number of aromatic nitrogens is 1. The lowest BCUT2D eigenvalue weighted by Gasteiger charge is -2.09. The highest BCUT2D eigenvalue weighted by molar-refractivity contribution is 6.35. The van der Waals surface area contributed by atoms with Gasteiger partial charge in [0.1, 0.15) is 0 Å². The zero-order valence-corrected chi connectivity index (χ0v) is 11.8. The maximum Gasteiger partial charge on any atom is 0.417 e. The molecular formula is C13H8Cl2F3N3. The van der Waals surface area contributed by atoms with Crippen LogP contribution in [0, 0.1) is 0 Å². The van der Waals surface area contributed by atoms with E-state index in [0.29, 0.717) is 5.02 Å². The van der Waals surface area contributed by atoms with Gasteiger partial charge in [-0.1, -0.05) is 41.4 Å². The Hall–Kier alpha value is -1.79. The van der Waals surface area contributed by atoms with Crippen LogP contribution in [0.4, 0.5) is 19.0 Å². The molecule has 0 radical (unpaired) electrons. The van der Waals surface area contributed by atoms with Gasteiger partial charge in [0.2, 0.25) is 0 Å². The third-order valence-corrected chi connectivity index (χ3v) is 2.94. The lowest BCUT2D eigenvalue weighted by molar-refractivity contribution is -0.137. The molecule has 1 aromatic carbocycles. The van der Waals surface area contributed by atoms with E-state index >= 15 is 0 Å². The van der Waals surface area contributed by atoms with E-state index in [4.69, 9.17) is 23.2 Å². The molecule has 1 N–H and O–H groups in total. The molecule has 2 rings (SSSR count). The highest BCUT2D eigenvalue weighted by Gasteiger charge is 2.32. The first kappa shape index (κ1) is 15.6.